The SMILES string of the molecule is Cc1ccc(Cn2nc(C)c(C(=O)OCc3cc(=O)n4ccc(C)cc4n3)c2Cl)cc1. The Bertz CT molecular complexity index is 1340. The molecule has 0 radical (unpaired) electrons. The van der Waals surface area contributed by atoms with Crippen LogP contribution in [0.25, 0.3) is 5.65 Å². The van der Waals surface area contributed by atoms with Gasteiger partial charge in [0.2, 0.25) is 0 Å². The number of fused-ring (bicyclic) bond motifs is 1. The summed E-state index contributed by atoms with van der Waals surface area (Å²) >= 11 is 6.44. The highest BCUT2D eigenvalue weighted by molar-refractivity contribution is 6.32. The first-order chi connectivity index (χ1) is 14.8. The van der Waals surface area contributed by atoms with Gasteiger partial charge in [-0.15, -0.1) is 0 Å². The smallest absolute Gasteiger partial charge is 0.343 e. The maximum atomic E-state index is 12.7. The van der Waals surface area contributed by atoms with Crippen LogP contribution in [0.4, 0.5) is 0 Å². The molecule has 0 unspecified atom stereocenters. The van der Waals surface area contributed by atoms with Gasteiger partial charge in [0, 0.05) is 12.3 Å². The Morgan fingerprint density at radius 3 is 2.55 bits per heavy atom. The van der Waals surface area contributed by atoms with Crippen molar-refractivity contribution in [1.29, 1.82) is 0 Å². The van der Waals surface area contributed by atoms with E-state index in [2.05, 4.69) is 10.1 Å². The van der Waals surface area contributed by atoms with Crippen LogP contribution in [0.1, 0.15) is 38.4 Å². The number of halogens is 1. The number of pyridine rings is 1. The van der Waals surface area contributed by atoms with Gasteiger partial charge in [-0.1, -0.05) is 41.4 Å². The van der Waals surface area contributed by atoms with E-state index in [4.69, 9.17) is 16.3 Å². The minimum atomic E-state index is -0.608. The summed E-state index contributed by atoms with van der Waals surface area (Å²) in [6, 6.07) is 13.0. The Morgan fingerprint density at radius 2 is 1.81 bits per heavy atom. The number of nitrogens with zero attached hydrogens (tertiary/aromatic N) is 4. The van der Waals surface area contributed by atoms with Gasteiger partial charge in [-0.3, -0.25) is 9.20 Å². The molecule has 0 amide bonds. The number of carbonyl (C=O) groups is 1. The maximum Gasteiger partial charge on any atom is 0.343 e. The van der Waals surface area contributed by atoms with Gasteiger partial charge in [-0.25, -0.2) is 14.5 Å². The Labute approximate surface area is 183 Å². The summed E-state index contributed by atoms with van der Waals surface area (Å²) in [6.45, 7) is 5.94. The van der Waals surface area contributed by atoms with Crippen molar-refractivity contribution < 1.29 is 9.53 Å². The van der Waals surface area contributed by atoms with Crippen LogP contribution in [0.3, 0.4) is 0 Å². The number of carbonyl (C=O) groups excluding carboxylic acids is 1. The van der Waals surface area contributed by atoms with Gasteiger partial charge in [0.05, 0.1) is 17.9 Å². The van der Waals surface area contributed by atoms with Crippen LogP contribution < -0.4 is 5.56 Å². The highest BCUT2D eigenvalue weighted by Gasteiger charge is 2.22. The van der Waals surface area contributed by atoms with Crippen LogP contribution >= 0.6 is 11.6 Å². The first kappa shape index (κ1) is 20.8. The molecule has 0 fully saturated rings. The summed E-state index contributed by atoms with van der Waals surface area (Å²) < 4.78 is 8.41. The summed E-state index contributed by atoms with van der Waals surface area (Å²) in [5.41, 5.74) is 4.47. The molecule has 0 atom stereocenters. The molecule has 3 aromatic heterocycles. The summed E-state index contributed by atoms with van der Waals surface area (Å²) in [5.74, 6) is -0.608. The zero-order chi connectivity index (χ0) is 22.1. The molecule has 31 heavy (non-hydrogen) atoms. The van der Waals surface area contributed by atoms with Crippen molar-refractivity contribution in [2.45, 2.75) is 33.9 Å². The van der Waals surface area contributed by atoms with Crippen molar-refractivity contribution in [1.82, 2.24) is 19.2 Å². The third kappa shape index (κ3) is 4.36. The Balaban J connectivity index is 1.52. The molecule has 3 heterocycles. The molecule has 0 aliphatic heterocycles. The van der Waals surface area contributed by atoms with E-state index in [9.17, 15) is 9.59 Å². The Kier molecular flexibility index (Phi) is 5.61. The molecular formula is C23H21ClN4O3. The zero-order valence-corrected chi connectivity index (χ0v) is 18.2. The van der Waals surface area contributed by atoms with Gasteiger partial charge in [0.1, 0.15) is 23.0 Å². The number of rotatable bonds is 5. The minimum Gasteiger partial charge on any atom is -0.455 e. The predicted octanol–water partition coefficient (Wildman–Crippen LogP) is 3.87. The van der Waals surface area contributed by atoms with Crippen LogP contribution in [-0.4, -0.2) is 25.1 Å². The molecule has 1 aromatic carbocycles. The summed E-state index contributed by atoms with van der Waals surface area (Å²) in [6.07, 6.45) is 1.67. The number of hydrogen-bond acceptors (Lipinski definition) is 5. The average Bonchev–Trinajstić information content (AvgIpc) is 3.00. The van der Waals surface area contributed by atoms with Gasteiger partial charge < -0.3 is 4.74 Å². The van der Waals surface area contributed by atoms with Crippen molar-refractivity contribution in [3.63, 3.8) is 0 Å². The molecule has 0 saturated heterocycles. The topological polar surface area (TPSA) is 78.5 Å². The summed E-state index contributed by atoms with van der Waals surface area (Å²) in [7, 11) is 0. The number of aryl methyl sites for hydroxylation is 3. The molecule has 158 valence electrons. The van der Waals surface area contributed by atoms with Gasteiger partial charge in [0.15, 0.2) is 0 Å². The van der Waals surface area contributed by atoms with E-state index < -0.39 is 5.97 Å². The lowest BCUT2D eigenvalue weighted by Gasteiger charge is -2.07. The number of esters is 1. The molecule has 7 nitrogen and oxygen atoms in total. The second-order valence-corrected chi connectivity index (χ2v) is 7.85. The van der Waals surface area contributed by atoms with Crippen molar-refractivity contribution in [2.24, 2.45) is 0 Å². The quantitative estimate of drug-likeness (QED) is 0.444. The molecule has 8 heteroatoms. The number of ether oxygens (including phenoxy) is 1. The van der Waals surface area contributed by atoms with Crippen LogP contribution in [0.15, 0.2) is 53.5 Å². The molecule has 0 bridgehead atoms. The molecule has 0 aliphatic carbocycles. The highest BCUT2D eigenvalue weighted by Crippen LogP contribution is 2.22. The molecule has 0 N–H and O–H groups in total. The van der Waals surface area contributed by atoms with Gasteiger partial charge in [-0.2, -0.15) is 5.10 Å². The van der Waals surface area contributed by atoms with Gasteiger partial charge in [-0.05, 0) is 44.0 Å². The second kappa shape index (κ2) is 8.35. The number of benzene rings is 1. The lowest BCUT2D eigenvalue weighted by atomic mass is 10.1. The van der Waals surface area contributed by atoms with Crippen LogP contribution in [0.5, 0.6) is 0 Å². The maximum absolute atomic E-state index is 12.7. The monoisotopic (exact) mass is 436 g/mol. The van der Waals surface area contributed by atoms with Crippen molar-refractivity contribution in [3.05, 3.63) is 97.8 Å². The molecular weight excluding hydrogens is 416 g/mol. The summed E-state index contributed by atoms with van der Waals surface area (Å²) in [4.78, 5) is 29.4. The van der Waals surface area contributed by atoms with E-state index in [1.54, 1.807) is 23.9 Å². The third-order valence-corrected chi connectivity index (χ3v) is 5.33. The fourth-order valence-electron chi connectivity index (χ4n) is 3.30. The fraction of sp³-hybridized carbons (Fsp3) is 0.217. The summed E-state index contributed by atoms with van der Waals surface area (Å²) in [5, 5.41) is 4.60. The average molecular weight is 437 g/mol. The molecule has 4 rings (SSSR count). The minimum absolute atomic E-state index is 0.141. The lowest BCUT2D eigenvalue weighted by Crippen LogP contribution is -2.17. The van der Waals surface area contributed by atoms with E-state index >= 15 is 0 Å². The van der Waals surface area contributed by atoms with E-state index in [1.807, 2.05) is 44.2 Å². The van der Waals surface area contributed by atoms with E-state index in [0.29, 0.717) is 23.6 Å². The standard InChI is InChI=1S/C23H21ClN4O3/c1-14-4-6-17(7-5-14)12-28-22(24)21(16(3)26-28)23(30)31-13-18-11-20(29)27-9-8-15(2)10-19(27)25-18/h4-11H,12-13H2,1-3H3. The van der Waals surface area contributed by atoms with Crippen LogP contribution in [0, 0.1) is 20.8 Å². The Morgan fingerprint density at radius 1 is 1.06 bits per heavy atom. The largest absolute Gasteiger partial charge is 0.455 e. The number of hydrogen-bond donors (Lipinski definition) is 0. The van der Waals surface area contributed by atoms with Crippen molar-refractivity contribution in [3.8, 4) is 0 Å². The fourth-order valence-corrected chi connectivity index (χ4v) is 3.61. The first-order valence-electron chi connectivity index (χ1n) is 9.76. The highest BCUT2D eigenvalue weighted by atomic mass is 35.5. The lowest BCUT2D eigenvalue weighted by molar-refractivity contribution is 0.0467. The van der Waals surface area contributed by atoms with Gasteiger partial charge >= 0.3 is 5.97 Å². The van der Waals surface area contributed by atoms with E-state index in [0.717, 1.165) is 16.7 Å². The molecule has 0 spiro atoms. The van der Waals surface area contributed by atoms with E-state index in [1.165, 1.54) is 10.5 Å². The normalized spacial score (nSPS) is 11.1. The first-order valence-corrected chi connectivity index (χ1v) is 10.1. The van der Waals surface area contributed by atoms with Crippen LogP contribution in [0.2, 0.25) is 5.15 Å². The molecule has 0 aliphatic rings. The number of aromatic nitrogens is 4. The molecule has 4 aromatic rings. The van der Waals surface area contributed by atoms with E-state index in [-0.39, 0.29) is 22.9 Å². The third-order valence-electron chi connectivity index (χ3n) is 4.95. The second-order valence-electron chi connectivity index (χ2n) is 7.49. The zero-order valence-electron chi connectivity index (χ0n) is 17.4. The Hall–Kier alpha value is -3.45. The molecule has 0 saturated carbocycles. The van der Waals surface area contributed by atoms with Crippen molar-refractivity contribution >= 4 is 23.2 Å². The van der Waals surface area contributed by atoms with Crippen molar-refractivity contribution in [2.75, 3.05) is 0 Å². The van der Waals surface area contributed by atoms with Crippen LogP contribution in [-0.2, 0) is 17.9 Å². The predicted molar refractivity (Wildman–Crippen MR) is 118 cm³/mol. The van der Waals surface area contributed by atoms with Gasteiger partial charge in [0.25, 0.3) is 5.56 Å².